The Balaban J connectivity index is 4.28. The van der Waals surface area contributed by atoms with Crippen molar-refractivity contribution in [3.8, 4) is 0 Å². The number of unbranched alkanes of at least 4 members (excludes halogenated alkanes) is 29. The van der Waals surface area contributed by atoms with E-state index in [1.807, 2.05) is 0 Å². The number of allylic oxidation sites excluding steroid dienone is 20. The van der Waals surface area contributed by atoms with Crippen LogP contribution < -0.4 is 0 Å². The third kappa shape index (κ3) is 64.6. The lowest BCUT2D eigenvalue weighted by Crippen LogP contribution is -2.30. The molecule has 0 aliphatic carbocycles. The lowest BCUT2D eigenvalue weighted by molar-refractivity contribution is -0.167. The largest absolute Gasteiger partial charge is 0.462 e. The zero-order valence-corrected chi connectivity index (χ0v) is 52.3. The van der Waals surface area contributed by atoms with Crippen LogP contribution in [0.15, 0.2) is 122 Å². The van der Waals surface area contributed by atoms with E-state index in [0.717, 1.165) is 128 Å². The van der Waals surface area contributed by atoms with Crippen molar-refractivity contribution in [2.45, 2.75) is 316 Å². The summed E-state index contributed by atoms with van der Waals surface area (Å²) in [6.45, 7) is 6.41. The minimum Gasteiger partial charge on any atom is -0.462 e. The number of esters is 3. The van der Waals surface area contributed by atoms with Gasteiger partial charge < -0.3 is 14.2 Å². The maximum absolute atomic E-state index is 12.9. The molecule has 0 radical (unpaired) electrons. The second kappa shape index (κ2) is 67.3. The van der Waals surface area contributed by atoms with Gasteiger partial charge in [0.15, 0.2) is 6.10 Å². The summed E-state index contributed by atoms with van der Waals surface area (Å²) in [6.07, 6.45) is 93.5. The van der Waals surface area contributed by atoms with E-state index in [2.05, 4.69) is 142 Å². The van der Waals surface area contributed by atoms with Crippen molar-refractivity contribution in [3.63, 3.8) is 0 Å². The minimum absolute atomic E-state index is 0.0861. The summed E-state index contributed by atoms with van der Waals surface area (Å²) in [5.74, 6) is -0.899. The molecule has 6 heteroatoms. The lowest BCUT2D eigenvalue weighted by Gasteiger charge is -2.18. The van der Waals surface area contributed by atoms with Crippen LogP contribution in [0, 0.1) is 0 Å². The zero-order chi connectivity index (χ0) is 57.8. The van der Waals surface area contributed by atoms with E-state index in [9.17, 15) is 14.4 Å². The third-order valence-corrected chi connectivity index (χ3v) is 14.2. The van der Waals surface area contributed by atoms with Gasteiger partial charge in [-0.1, -0.05) is 284 Å². The van der Waals surface area contributed by atoms with E-state index in [0.29, 0.717) is 19.3 Å². The topological polar surface area (TPSA) is 78.9 Å². The predicted octanol–water partition coefficient (Wildman–Crippen LogP) is 23.2. The summed E-state index contributed by atoms with van der Waals surface area (Å²) in [4.78, 5) is 38.4. The molecular formula is C74H124O6. The van der Waals surface area contributed by atoms with E-state index in [1.54, 1.807) is 0 Å². The number of rotatable bonds is 60. The van der Waals surface area contributed by atoms with Crippen LogP contribution in [0.1, 0.15) is 310 Å². The van der Waals surface area contributed by atoms with E-state index in [-0.39, 0.29) is 31.1 Å². The monoisotopic (exact) mass is 1110 g/mol. The molecule has 0 aromatic carbocycles. The van der Waals surface area contributed by atoms with Crippen molar-refractivity contribution >= 4 is 17.9 Å². The van der Waals surface area contributed by atoms with E-state index < -0.39 is 6.10 Å². The normalized spacial score (nSPS) is 12.9. The van der Waals surface area contributed by atoms with E-state index in [1.165, 1.54) is 141 Å². The highest BCUT2D eigenvalue weighted by Crippen LogP contribution is 2.16. The molecule has 1 atom stereocenters. The molecule has 0 rings (SSSR count). The molecule has 80 heavy (non-hydrogen) atoms. The maximum atomic E-state index is 12.9. The van der Waals surface area contributed by atoms with Gasteiger partial charge in [-0.15, -0.1) is 0 Å². The van der Waals surface area contributed by atoms with Gasteiger partial charge in [-0.25, -0.2) is 0 Å². The summed E-state index contributed by atoms with van der Waals surface area (Å²) in [5, 5.41) is 0. The highest BCUT2D eigenvalue weighted by Gasteiger charge is 2.19. The summed E-state index contributed by atoms with van der Waals surface area (Å²) >= 11 is 0. The van der Waals surface area contributed by atoms with E-state index >= 15 is 0 Å². The Labute approximate surface area is 494 Å². The van der Waals surface area contributed by atoms with Crippen molar-refractivity contribution in [1.82, 2.24) is 0 Å². The van der Waals surface area contributed by atoms with Crippen molar-refractivity contribution in [2.75, 3.05) is 13.2 Å². The molecule has 0 aliphatic rings. The van der Waals surface area contributed by atoms with Crippen molar-refractivity contribution in [2.24, 2.45) is 0 Å². The molecule has 0 aromatic rings. The molecule has 0 bridgehead atoms. The average molecular weight is 1110 g/mol. The van der Waals surface area contributed by atoms with Gasteiger partial charge in [0.05, 0.1) is 0 Å². The molecule has 6 nitrogen and oxygen atoms in total. The van der Waals surface area contributed by atoms with Gasteiger partial charge in [0.25, 0.3) is 0 Å². The van der Waals surface area contributed by atoms with Gasteiger partial charge in [0.1, 0.15) is 13.2 Å². The fourth-order valence-electron chi connectivity index (χ4n) is 9.22. The standard InChI is InChI=1S/C74H124O6/c1-4-7-10-13-16-19-22-25-28-30-31-32-33-34-35-36-37-38-39-40-41-42-43-45-46-49-52-55-58-61-64-67-73(76)79-70-71(69-78-72(75)66-63-60-57-54-51-48-27-24-21-18-15-12-9-6-3)80-74(77)68-65-62-59-56-53-50-47-44-29-26-23-20-17-14-11-8-5-2/h7-8,10-11,16-17,19-20,24-29,31-32,34-35,37-38,71H,4-6,9,12-15,18,21-23,30,33,36,39-70H2,1-3H3/b10-7-,11-8-,19-16-,20-17-,27-24-,28-25-,29-26-,32-31-,35-34-,38-37-. The molecule has 0 amide bonds. The van der Waals surface area contributed by atoms with Crippen molar-refractivity contribution in [3.05, 3.63) is 122 Å². The Morgan fingerprint density at radius 1 is 0.263 bits per heavy atom. The first kappa shape index (κ1) is 75.8. The molecule has 0 saturated carbocycles. The summed E-state index contributed by atoms with van der Waals surface area (Å²) in [7, 11) is 0. The molecule has 0 N–H and O–H groups in total. The number of hydrogen-bond acceptors (Lipinski definition) is 6. The molecule has 0 heterocycles. The Hall–Kier alpha value is -4.19. The molecule has 0 spiro atoms. The number of ether oxygens (including phenoxy) is 3. The molecule has 0 aromatic heterocycles. The number of carbonyl (C=O) groups is 3. The molecule has 0 fully saturated rings. The second-order valence-corrected chi connectivity index (χ2v) is 22.0. The Morgan fingerprint density at radius 2 is 0.487 bits per heavy atom. The first-order valence-electron chi connectivity index (χ1n) is 33.5. The van der Waals surface area contributed by atoms with Gasteiger partial charge in [-0.2, -0.15) is 0 Å². The smallest absolute Gasteiger partial charge is 0.306 e. The molecule has 456 valence electrons. The predicted molar refractivity (Wildman–Crippen MR) is 348 cm³/mol. The zero-order valence-electron chi connectivity index (χ0n) is 52.3. The average Bonchev–Trinajstić information content (AvgIpc) is 3.46. The molecule has 1 unspecified atom stereocenters. The van der Waals surface area contributed by atoms with Crippen molar-refractivity contribution < 1.29 is 28.6 Å². The van der Waals surface area contributed by atoms with Crippen LogP contribution in [0.2, 0.25) is 0 Å². The Kier molecular flexibility index (Phi) is 63.8. The van der Waals surface area contributed by atoms with Gasteiger partial charge in [-0.3, -0.25) is 14.4 Å². The van der Waals surface area contributed by atoms with Crippen LogP contribution >= 0.6 is 0 Å². The van der Waals surface area contributed by atoms with Crippen LogP contribution in [0.25, 0.3) is 0 Å². The Morgan fingerprint density at radius 3 is 0.775 bits per heavy atom. The van der Waals surface area contributed by atoms with Crippen LogP contribution in [0.4, 0.5) is 0 Å². The highest BCUT2D eigenvalue weighted by atomic mass is 16.6. The summed E-state index contributed by atoms with van der Waals surface area (Å²) < 4.78 is 16.9. The fraction of sp³-hybridized carbons (Fsp3) is 0.689. The maximum Gasteiger partial charge on any atom is 0.306 e. The highest BCUT2D eigenvalue weighted by molar-refractivity contribution is 5.71. The quantitative estimate of drug-likeness (QED) is 0.0261. The fourth-order valence-corrected chi connectivity index (χ4v) is 9.22. The minimum atomic E-state index is -0.791. The van der Waals surface area contributed by atoms with Crippen LogP contribution in [0.5, 0.6) is 0 Å². The molecule has 0 saturated heterocycles. The van der Waals surface area contributed by atoms with Gasteiger partial charge in [-0.05, 0) is 128 Å². The van der Waals surface area contributed by atoms with Crippen LogP contribution in [-0.4, -0.2) is 37.2 Å². The Bertz CT molecular complexity index is 1650. The molecule has 0 aliphatic heterocycles. The second-order valence-electron chi connectivity index (χ2n) is 22.0. The van der Waals surface area contributed by atoms with Gasteiger partial charge in [0, 0.05) is 19.3 Å². The third-order valence-electron chi connectivity index (χ3n) is 14.2. The SMILES string of the molecule is CC/C=C\C/C=C\C/C=C\C/C=C\C/C=C\C/C=C\CCCCCCCCCCCCCCC(=O)OCC(COC(=O)CCCCCCC/C=C\CCCCCCC)OC(=O)CCCCCCCCC/C=C\C/C=C\C/C=C\CC. The first-order chi connectivity index (χ1) is 39.5. The van der Waals surface area contributed by atoms with Crippen molar-refractivity contribution in [1.29, 1.82) is 0 Å². The number of hydrogen-bond donors (Lipinski definition) is 0. The summed E-state index contributed by atoms with van der Waals surface area (Å²) in [6, 6.07) is 0. The summed E-state index contributed by atoms with van der Waals surface area (Å²) in [5.41, 5.74) is 0. The van der Waals surface area contributed by atoms with Gasteiger partial charge >= 0.3 is 17.9 Å². The van der Waals surface area contributed by atoms with E-state index in [4.69, 9.17) is 14.2 Å². The first-order valence-corrected chi connectivity index (χ1v) is 33.5. The van der Waals surface area contributed by atoms with Crippen LogP contribution in [0.3, 0.4) is 0 Å². The lowest BCUT2D eigenvalue weighted by atomic mass is 10.0. The van der Waals surface area contributed by atoms with Gasteiger partial charge in [0.2, 0.25) is 0 Å². The van der Waals surface area contributed by atoms with Crippen LogP contribution in [-0.2, 0) is 28.6 Å². The molecular weight excluding hydrogens is 985 g/mol. The number of carbonyl (C=O) groups excluding carboxylic acids is 3.